The number of hydrogen-bond acceptors (Lipinski definition) is 2. The van der Waals surface area contributed by atoms with Gasteiger partial charge in [0.15, 0.2) is 0 Å². The highest BCUT2D eigenvalue weighted by atomic mass is 16.5. The van der Waals surface area contributed by atoms with Crippen LogP contribution in [0.2, 0.25) is 0 Å². The van der Waals surface area contributed by atoms with Crippen LogP contribution in [0.3, 0.4) is 0 Å². The van der Waals surface area contributed by atoms with E-state index in [4.69, 9.17) is 4.74 Å². The summed E-state index contributed by atoms with van der Waals surface area (Å²) in [4.78, 5) is 0. The predicted molar refractivity (Wildman–Crippen MR) is 89.8 cm³/mol. The van der Waals surface area contributed by atoms with Gasteiger partial charge in [-0.15, -0.1) is 0 Å². The molecule has 3 heteroatoms. The number of nitrogens with zero attached hydrogens (tertiary/aromatic N) is 1. The van der Waals surface area contributed by atoms with Crippen molar-refractivity contribution in [3.63, 3.8) is 0 Å². The number of benzene rings is 1. The van der Waals surface area contributed by atoms with Gasteiger partial charge in [-0.25, -0.2) is 0 Å². The first-order chi connectivity index (χ1) is 10.0. The van der Waals surface area contributed by atoms with Crippen molar-refractivity contribution in [3.8, 4) is 0 Å². The fourth-order valence-corrected chi connectivity index (χ4v) is 2.69. The Labute approximate surface area is 127 Å². The number of aryl methyl sites for hydroxylation is 1. The van der Waals surface area contributed by atoms with Crippen LogP contribution < -0.4 is 5.32 Å². The average molecular weight is 286 g/mol. The van der Waals surface area contributed by atoms with Crippen LogP contribution in [0.25, 0.3) is 10.9 Å². The number of nitrogens with one attached hydrogen (secondary N) is 1. The first kappa shape index (κ1) is 15.8. The highest BCUT2D eigenvalue weighted by Gasteiger charge is 2.11. The predicted octanol–water partition coefficient (Wildman–Crippen LogP) is 3.57. The SMILES string of the molecule is C=C(C)Cn1c(C)c(C)c2cc(CNCCOC)ccc21. The number of aromatic nitrogens is 1. The van der Waals surface area contributed by atoms with Crippen molar-refractivity contribution >= 4 is 10.9 Å². The van der Waals surface area contributed by atoms with Crippen molar-refractivity contribution in [2.45, 2.75) is 33.9 Å². The van der Waals surface area contributed by atoms with Crippen molar-refractivity contribution in [2.75, 3.05) is 20.3 Å². The maximum absolute atomic E-state index is 5.05. The smallest absolute Gasteiger partial charge is 0.0587 e. The molecule has 3 nitrogen and oxygen atoms in total. The number of allylic oxidation sites excluding steroid dienone is 1. The van der Waals surface area contributed by atoms with Crippen LogP contribution in [-0.2, 0) is 17.8 Å². The molecule has 114 valence electrons. The van der Waals surface area contributed by atoms with E-state index in [-0.39, 0.29) is 0 Å². The van der Waals surface area contributed by atoms with Gasteiger partial charge in [-0.2, -0.15) is 0 Å². The number of rotatable bonds is 7. The molecule has 2 rings (SSSR count). The molecule has 0 atom stereocenters. The Hall–Kier alpha value is -1.58. The summed E-state index contributed by atoms with van der Waals surface area (Å²) in [6.45, 7) is 13.9. The molecule has 1 heterocycles. The van der Waals surface area contributed by atoms with Gasteiger partial charge in [0.1, 0.15) is 0 Å². The lowest BCUT2D eigenvalue weighted by molar-refractivity contribution is 0.199. The van der Waals surface area contributed by atoms with Crippen molar-refractivity contribution < 1.29 is 4.74 Å². The third kappa shape index (κ3) is 3.55. The maximum Gasteiger partial charge on any atom is 0.0587 e. The van der Waals surface area contributed by atoms with E-state index in [9.17, 15) is 0 Å². The molecule has 0 aliphatic heterocycles. The van der Waals surface area contributed by atoms with Gasteiger partial charge in [0, 0.05) is 43.3 Å². The first-order valence-electron chi connectivity index (χ1n) is 7.47. The van der Waals surface area contributed by atoms with E-state index in [2.05, 4.69) is 55.4 Å². The van der Waals surface area contributed by atoms with Gasteiger partial charge in [0.05, 0.1) is 6.61 Å². The van der Waals surface area contributed by atoms with E-state index in [0.717, 1.165) is 26.2 Å². The summed E-state index contributed by atoms with van der Waals surface area (Å²) >= 11 is 0. The molecule has 0 unspecified atom stereocenters. The molecule has 0 saturated carbocycles. The molecule has 0 amide bonds. The Bertz CT molecular complexity index is 640. The Morgan fingerprint density at radius 2 is 2.10 bits per heavy atom. The van der Waals surface area contributed by atoms with Gasteiger partial charge in [0.2, 0.25) is 0 Å². The number of ether oxygens (including phenoxy) is 1. The summed E-state index contributed by atoms with van der Waals surface area (Å²) in [7, 11) is 1.73. The minimum Gasteiger partial charge on any atom is -0.383 e. The molecule has 0 bridgehead atoms. The number of hydrogen-bond donors (Lipinski definition) is 1. The monoisotopic (exact) mass is 286 g/mol. The van der Waals surface area contributed by atoms with Gasteiger partial charge in [-0.05, 0) is 44.0 Å². The van der Waals surface area contributed by atoms with Crippen LogP contribution in [0.15, 0.2) is 30.4 Å². The first-order valence-corrected chi connectivity index (χ1v) is 7.47. The minimum absolute atomic E-state index is 0.745. The quantitative estimate of drug-likeness (QED) is 0.622. The zero-order chi connectivity index (χ0) is 15.4. The largest absolute Gasteiger partial charge is 0.383 e. The van der Waals surface area contributed by atoms with E-state index in [1.807, 2.05) is 0 Å². The lowest BCUT2D eigenvalue weighted by atomic mass is 10.1. The molecule has 1 aromatic heterocycles. The molecule has 0 aliphatic rings. The summed E-state index contributed by atoms with van der Waals surface area (Å²) in [6.07, 6.45) is 0. The number of fused-ring (bicyclic) bond motifs is 1. The van der Waals surface area contributed by atoms with Crippen LogP contribution >= 0.6 is 0 Å². The zero-order valence-corrected chi connectivity index (χ0v) is 13.6. The van der Waals surface area contributed by atoms with E-state index in [1.54, 1.807) is 7.11 Å². The fraction of sp³-hybridized carbons (Fsp3) is 0.444. The van der Waals surface area contributed by atoms with Crippen LogP contribution in [0.1, 0.15) is 23.7 Å². The lowest BCUT2D eigenvalue weighted by Crippen LogP contribution is -2.18. The van der Waals surface area contributed by atoms with Gasteiger partial charge < -0.3 is 14.6 Å². The Kier molecular flexibility index (Phi) is 5.21. The van der Waals surface area contributed by atoms with Crippen molar-refractivity contribution in [1.82, 2.24) is 9.88 Å². The van der Waals surface area contributed by atoms with Crippen LogP contribution in [0, 0.1) is 13.8 Å². The standard InChI is InChI=1S/C18H26N2O/c1-13(2)12-20-15(4)14(3)17-10-16(6-7-18(17)20)11-19-8-9-21-5/h6-7,10,19H,1,8-9,11-12H2,2-5H3. The normalized spacial score (nSPS) is 11.2. The van der Waals surface area contributed by atoms with Crippen molar-refractivity contribution in [2.24, 2.45) is 0 Å². The molecule has 1 N–H and O–H groups in total. The topological polar surface area (TPSA) is 26.2 Å². The molecular weight excluding hydrogens is 260 g/mol. The number of methoxy groups -OCH3 is 1. The molecule has 21 heavy (non-hydrogen) atoms. The molecule has 0 aliphatic carbocycles. The van der Waals surface area contributed by atoms with E-state index < -0.39 is 0 Å². The molecule has 0 fully saturated rings. The molecule has 2 aromatic rings. The lowest BCUT2D eigenvalue weighted by Gasteiger charge is -2.09. The van der Waals surface area contributed by atoms with Crippen LogP contribution in [-0.4, -0.2) is 24.8 Å². The van der Waals surface area contributed by atoms with E-state index >= 15 is 0 Å². The van der Waals surface area contributed by atoms with Gasteiger partial charge in [-0.1, -0.05) is 18.2 Å². The molecule has 0 saturated heterocycles. The Morgan fingerprint density at radius 3 is 2.76 bits per heavy atom. The van der Waals surface area contributed by atoms with Gasteiger partial charge in [0.25, 0.3) is 0 Å². The van der Waals surface area contributed by atoms with E-state index in [1.165, 1.54) is 33.3 Å². The second kappa shape index (κ2) is 6.92. The van der Waals surface area contributed by atoms with Crippen LogP contribution in [0.5, 0.6) is 0 Å². The summed E-state index contributed by atoms with van der Waals surface area (Å²) in [5, 5.41) is 4.74. The molecule has 1 aromatic carbocycles. The summed E-state index contributed by atoms with van der Waals surface area (Å²) in [5.41, 5.74) is 6.49. The minimum atomic E-state index is 0.745. The highest BCUT2D eigenvalue weighted by Crippen LogP contribution is 2.27. The van der Waals surface area contributed by atoms with Crippen molar-refractivity contribution in [3.05, 3.63) is 47.2 Å². The maximum atomic E-state index is 5.05. The third-order valence-electron chi connectivity index (χ3n) is 3.94. The zero-order valence-electron chi connectivity index (χ0n) is 13.6. The fourth-order valence-electron chi connectivity index (χ4n) is 2.69. The molecular formula is C18H26N2O. The van der Waals surface area contributed by atoms with Gasteiger partial charge >= 0.3 is 0 Å². The molecule has 0 radical (unpaired) electrons. The molecule has 0 spiro atoms. The Morgan fingerprint density at radius 1 is 1.33 bits per heavy atom. The second-order valence-corrected chi connectivity index (χ2v) is 5.77. The summed E-state index contributed by atoms with van der Waals surface area (Å²) < 4.78 is 7.41. The Balaban J connectivity index is 2.27. The highest BCUT2D eigenvalue weighted by molar-refractivity contribution is 5.86. The third-order valence-corrected chi connectivity index (χ3v) is 3.94. The van der Waals surface area contributed by atoms with Crippen molar-refractivity contribution in [1.29, 1.82) is 0 Å². The summed E-state index contributed by atoms with van der Waals surface area (Å²) in [6, 6.07) is 6.73. The van der Waals surface area contributed by atoms with Gasteiger partial charge in [-0.3, -0.25) is 0 Å². The summed E-state index contributed by atoms with van der Waals surface area (Å²) in [5.74, 6) is 0. The average Bonchev–Trinajstić information content (AvgIpc) is 2.68. The van der Waals surface area contributed by atoms with Crippen LogP contribution in [0.4, 0.5) is 0 Å². The second-order valence-electron chi connectivity index (χ2n) is 5.77. The van der Waals surface area contributed by atoms with E-state index in [0.29, 0.717) is 0 Å².